The number of rotatable bonds is 6. The van der Waals surface area contributed by atoms with Crippen molar-refractivity contribution in [3.63, 3.8) is 0 Å². The van der Waals surface area contributed by atoms with Crippen LogP contribution < -0.4 is 10.9 Å². The van der Waals surface area contributed by atoms with Crippen LogP contribution in [0.1, 0.15) is 30.5 Å². The molecule has 1 N–H and O–H groups in total. The third-order valence-electron chi connectivity index (χ3n) is 3.37. The van der Waals surface area contributed by atoms with E-state index in [2.05, 4.69) is 24.4 Å². The third kappa shape index (κ3) is 3.81. The summed E-state index contributed by atoms with van der Waals surface area (Å²) in [5.74, 6) is 0. The maximum atomic E-state index is 12.0. The van der Waals surface area contributed by atoms with E-state index in [4.69, 9.17) is 0 Å². The van der Waals surface area contributed by atoms with Crippen molar-refractivity contribution in [2.75, 3.05) is 6.54 Å². The summed E-state index contributed by atoms with van der Waals surface area (Å²) in [7, 11) is 0. The van der Waals surface area contributed by atoms with Crippen molar-refractivity contribution < 1.29 is 0 Å². The number of benzene rings is 1. The van der Waals surface area contributed by atoms with E-state index in [1.165, 1.54) is 5.56 Å². The van der Waals surface area contributed by atoms with Crippen molar-refractivity contribution in [1.82, 2.24) is 9.88 Å². The lowest BCUT2D eigenvalue weighted by Gasteiger charge is -2.20. The molecule has 0 amide bonds. The predicted molar refractivity (Wildman–Crippen MR) is 82.9 cm³/mol. The van der Waals surface area contributed by atoms with Crippen molar-refractivity contribution in [3.8, 4) is 0 Å². The molecule has 0 saturated carbocycles. The number of hydrogen-bond acceptors (Lipinski definition) is 2. The summed E-state index contributed by atoms with van der Waals surface area (Å²) < 4.78 is 1.77. The van der Waals surface area contributed by atoms with E-state index in [-0.39, 0.29) is 11.6 Å². The molecular weight excluding hydrogens is 248 g/mol. The van der Waals surface area contributed by atoms with Crippen molar-refractivity contribution in [2.45, 2.75) is 32.9 Å². The molecule has 0 spiro atoms. The lowest BCUT2D eigenvalue weighted by atomic mass is 10.1. The maximum absolute atomic E-state index is 12.0. The van der Waals surface area contributed by atoms with E-state index in [0.29, 0.717) is 6.54 Å². The molecule has 1 aromatic heterocycles. The summed E-state index contributed by atoms with van der Waals surface area (Å²) in [4.78, 5) is 12.0. The average molecular weight is 270 g/mol. The largest absolute Gasteiger partial charge is 0.314 e. The molecule has 0 aliphatic rings. The fourth-order valence-corrected chi connectivity index (χ4v) is 2.25. The second-order valence-electron chi connectivity index (χ2n) is 5.11. The molecule has 0 bridgehead atoms. The van der Waals surface area contributed by atoms with E-state index in [1.807, 2.05) is 37.4 Å². The second kappa shape index (κ2) is 7.06. The van der Waals surface area contributed by atoms with Gasteiger partial charge in [0.1, 0.15) is 0 Å². The average Bonchev–Trinajstić information content (AvgIpc) is 2.46. The first kappa shape index (κ1) is 14.5. The number of nitrogens with one attached hydrogen (secondary N) is 1. The Kier molecular flexibility index (Phi) is 5.13. The minimum absolute atomic E-state index is 0.0595. The molecule has 3 heteroatoms. The van der Waals surface area contributed by atoms with Gasteiger partial charge in [0.15, 0.2) is 0 Å². The molecule has 0 radical (unpaired) electrons. The summed E-state index contributed by atoms with van der Waals surface area (Å²) in [5, 5.41) is 3.52. The van der Waals surface area contributed by atoms with Gasteiger partial charge in [-0.1, -0.05) is 37.3 Å². The van der Waals surface area contributed by atoms with Gasteiger partial charge in [-0.2, -0.15) is 0 Å². The van der Waals surface area contributed by atoms with E-state index in [0.717, 1.165) is 18.5 Å². The van der Waals surface area contributed by atoms with E-state index >= 15 is 0 Å². The summed E-state index contributed by atoms with van der Waals surface area (Å²) in [6, 6.07) is 14.1. The van der Waals surface area contributed by atoms with Crippen molar-refractivity contribution in [3.05, 3.63) is 70.1 Å². The molecule has 1 heterocycles. The fourth-order valence-electron chi connectivity index (χ4n) is 2.25. The molecule has 0 fully saturated rings. The minimum atomic E-state index is 0.0595. The molecule has 1 unspecified atom stereocenters. The number of aromatic nitrogens is 1. The van der Waals surface area contributed by atoms with Crippen LogP contribution in [-0.4, -0.2) is 11.1 Å². The van der Waals surface area contributed by atoms with E-state index in [1.54, 1.807) is 10.6 Å². The van der Waals surface area contributed by atoms with Crippen molar-refractivity contribution in [1.29, 1.82) is 0 Å². The molecule has 2 aromatic rings. The van der Waals surface area contributed by atoms with Gasteiger partial charge in [0.25, 0.3) is 5.56 Å². The van der Waals surface area contributed by atoms with Gasteiger partial charge in [0, 0.05) is 18.8 Å². The number of nitrogens with zero attached hydrogens (tertiary/aromatic N) is 1. The first-order chi connectivity index (χ1) is 9.70. The van der Waals surface area contributed by atoms with Crippen molar-refractivity contribution in [2.24, 2.45) is 0 Å². The second-order valence-corrected chi connectivity index (χ2v) is 5.11. The first-order valence-electron chi connectivity index (χ1n) is 7.16. The highest BCUT2D eigenvalue weighted by molar-refractivity contribution is 5.19. The topological polar surface area (TPSA) is 34.0 Å². The molecule has 0 aliphatic heterocycles. The zero-order valence-corrected chi connectivity index (χ0v) is 12.2. The maximum Gasteiger partial charge on any atom is 0.250 e. The Bertz CT molecular complexity index is 589. The molecule has 2 rings (SSSR count). The van der Waals surface area contributed by atoms with Gasteiger partial charge in [-0.15, -0.1) is 0 Å². The molecule has 3 nitrogen and oxygen atoms in total. The highest BCUT2D eigenvalue weighted by Gasteiger charge is 2.11. The Balaban J connectivity index is 2.21. The summed E-state index contributed by atoms with van der Waals surface area (Å²) in [6.07, 6.45) is 2.95. The van der Waals surface area contributed by atoms with Crippen LogP contribution in [0.25, 0.3) is 0 Å². The molecular formula is C17H22N2O. The van der Waals surface area contributed by atoms with Crippen LogP contribution in [0.3, 0.4) is 0 Å². The van der Waals surface area contributed by atoms with Gasteiger partial charge in [0.2, 0.25) is 0 Å². The standard InChI is InChI=1S/C17H22N2O/c1-3-10-18-16(15-7-5-4-6-8-15)13-19-11-9-14(2)12-17(19)20/h4-9,11-12,16,18H,3,10,13H2,1-2H3. The quantitative estimate of drug-likeness (QED) is 0.875. The Labute approximate surface area is 120 Å². The molecule has 20 heavy (non-hydrogen) atoms. The smallest absolute Gasteiger partial charge is 0.250 e. The molecule has 0 aliphatic carbocycles. The third-order valence-corrected chi connectivity index (χ3v) is 3.37. The van der Waals surface area contributed by atoms with Gasteiger partial charge in [-0.25, -0.2) is 0 Å². The van der Waals surface area contributed by atoms with E-state index in [9.17, 15) is 4.79 Å². The van der Waals surface area contributed by atoms with Gasteiger partial charge in [0.05, 0.1) is 6.04 Å². The van der Waals surface area contributed by atoms with Gasteiger partial charge in [-0.05, 0) is 37.1 Å². The summed E-state index contributed by atoms with van der Waals surface area (Å²) in [6.45, 7) is 5.69. The van der Waals surface area contributed by atoms with Crippen LogP contribution in [0.15, 0.2) is 53.5 Å². The lowest BCUT2D eigenvalue weighted by Crippen LogP contribution is -2.30. The summed E-state index contributed by atoms with van der Waals surface area (Å²) in [5.41, 5.74) is 2.28. The molecule has 106 valence electrons. The normalized spacial score (nSPS) is 12.3. The lowest BCUT2D eigenvalue weighted by molar-refractivity contribution is 0.456. The van der Waals surface area contributed by atoms with Crippen LogP contribution in [0.2, 0.25) is 0 Å². The SMILES string of the molecule is CCCNC(Cn1ccc(C)cc1=O)c1ccccc1. The van der Waals surface area contributed by atoms with Crippen LogP contribution >= 0.6 is 0 Å². The van der Waals surface area contributed by atoms with Gasteiger partial charge in [-0.3, -0.25) is 4.79 Å². The van der Waals surface area contributed by atoms with Gasteiger partial charge < -0.3 is 9.88 Å². The zero-order valence-electron chi connectivity index (χ0n) is 12.2. The molecule has 1 atom stereocenters. The Hall–Kier alpha value is -1.87. The van der Waals surface area contributed by atoms with Gasteiger partial charge >= 0.3 is 0 Å². The number of pyridine rings is 1. The van der Waals surface area contributed by atoms with Crippen LogP contribution in [-0.2, 0) is 6.54 Å². The first-order valence-corrected chi connectivity index (χ1v) is 7.16. The highest BCUT2D eigenvalue weighted by atomic mass is 16.1. The predicted octanol–water partition coefficient (Wildman–Crippen LogP) is 2.90. The highest BCUT2D eigenvalue weighted by Crippen LogP contribution is 2.14. The summed E-state index contributed by atoms with van der Waals surface area (Å²) >= 11 is 0. The Morgan fingerprint density at radius 3 is 2.60 bits per heavy atom. The van der Waals surface area contributed by atoms with Crippen LogP contribution in [0.5, 0.6) is 0 Å². The zero-order chi connectivity index (χ0) is 14.4. The minimum Gasteiger partial charge on any atom is -0.314 e. The Morgan fingerprint density at radius 2 is 1.95 bits per heavy atom. The Morgan fingerprint density at radius 1 is 1.20 bits per heavy atom. The number of hydrogen-bond donors (Lipinski definition) is 1. The molecule has 0 saturated heterocycles. The van der Waals surface area contributed by atoms with E-state index < -0.39 is 0 Å². The fraction of sp³-hybridized carbons (Fsp3) is 0.353. The monoisotopic (exact) mass is 270 g/mol. The molecule has 1 aromatic carbocycles. The van der Waals surface area contributed by atoms with Crippen molar-refractivity contribution >= 4 is 0 Å². The van der Waals surface area contributed by atoms with Crippen LogP contribution in [0.4, 0.5) is 0 Å². The number of aryl methyl sites for hydroxylation is 1. The van der Waals surface area contributed by atoms with Crippen LogP contribution in [0, 0.1) is 6.92 Å².